The van der Waals surface area contributed by atoms with Crippen LogP contribution in [0.25, 0.3) is 17.2 Å². The highest BCUT2D eigenvalue weighted by Crippen LogP contribution is 2.28. The van der Waals surface area contributed by atoms with E-state index in [0.29, 0.717) is 42.5 Å². The van der Waals surface area contributed by atoms with E-state index >= 15 is 0 Å². The molecule has 0 saturated heterocycles. The molecule has 0 radical (unpaired) electrons. The van der Waals surface area contributed by atoms with Crippen LogP contribution in [0.3, 0.4) is 0 Å². The van der Waals surface area contributed by atoms with Crippen LogP contribution in [0.15, 0.2) is 42.5 Å². The zero-order valence-electron chi connectivity index (χ0n) is 20.2. The first-order chi connectivity index (χ1) is 16.4. The van der Waals surface area contributed by atoms with E-state index in [1.807, 2.05) is 57.2 Å². The van der Waals surface area contributed by atoms with Gasteiger partial charge in [0.25, 0.3) is 5.78 Å². The van der Waals surface area contributed by atoms with Crippen molar-refractivity contribution in [3.63, 3.8) is 0 Å². The monoisotopic (exact) mass is 459 g/mol. The second-order valence-electron chi connectivity index (χ2n) is 8.27. The fourth-order valence-electron chi connectivity index (χ4n) is 3.86. The molecular formula is C26H29N5O3. The topological polar surface area (TPSA) is 90.6 Å². The number of nitrogens with one attached hydrogen (secondary N) is 1. The van der Waals surface area contributed by atoms with Crippen molar-refractivity contribution in [2.45, 2.75) is 40.2 Å². The van der Waals surface area contributed by atoms with Crippen LogP contribution in [-0.2, 0) is 17.8 Å². The number of aromatic nitrogens is 4. The number of nitrogens with zero attached hydrogens (tertiary/aromatic N) is 4. The van der Waals surface area contributed by atoms with Crippen molar-refractivity contribution in [2.75, 3.05) is 14.2 Å². The molecule has 0 spiro atoms. The maximum Gasteiger partial charge on any atom is 0.253 e. The Balaban J connectivity index is 1.52. The van der Waals surface area contributed by atoms with Crippen molar-refractivity contribution in [1.82, 2.24) is 24.9 Å². The molecule has 0 aliphatic carbocycles. The summed E-state index contributed by atoms with van der Waals surface area (Å²) < 4.78 is 12.5. The van der Waals surface area contributed by atoms with Gasteiger partial charge in [-0.25, -0.2) is 9.50 Å². The molecule has 4 rings (SSSR count). The smallest absolute Gasteiger partial charge is 0.253 e. The van der Waals surface area contributed by atoms with Crippen molar-refractivity contribution in [2.24, 2.45) is 0 Å². The van der Waals surface area contributed by atoms with Gasteiger partial charge in [-0.1, -0.05) is 29.8 Å². The zero-order chi connectivity index (χ0) is 24.2. The Kier molecular flexibility index (Phi) is 6.77. The maximum atomic E-state index is 12.5. The molecule has 1 amide bonds. The summed E-state index contributed by atoms with van der Waals surface area (Å²) in [6.45, 7) is 6.48. The Morgan fingerprint density at radius 2 is 1.65 bits per heavy atom. The van der Waals surface area contributed by atoms with Crippen LogP contribution in [0.2, 0.25) is 0 Å². The minimum Gasteiger partial charge on any atom is -0.497 e. The summed E-state index contributed by atoms with van der Waals surface area (Å²) in [7, 11) is 3.21. The van der Waals surface area contributed by atoms with Crippen LogP contribution in [0.1, 0.15) is 34.5 Å². The highest BCUT2D eigenvalue weighted by molar-refractivity contribution is 5.76. The van der Waals surface area contributed by atoms with Crippen molar-refractivity contribution in [1.29, 1.82) is 0 Å². The largest absolute Gasteiger partial charge is 0.497 e. The molecule has 8 heteroatoms. The molecule has 0 atom stereocenters. The number of aryl methyl sites for hydroxylation is 3. The van der Waals surface area contributed by atoms with Gasteiger partial charge in [0.1, 0.15) is 11.5 Å². The van der Waals surface area contributed by atoms with E-state index in [1.54, 1.807) is 24.8 Å². The summed E-state index contributed by atoms with van der Waals surface area (Å²) in [4.78, 5) is 21.7. The molecule has 2 heterocycles. The van der Waals surface area contributed by atoms with E-state index in [1.165, 1.54) is 5.56 Å². The number of methoxy groups -OCH3 is 2. The quantitative estimate of drug-likeness (QED) is 0.429. The van der Waals surface area contributed by atoms with Crippen molar-refractivity contribution < 1.29 is 14.3 Å². The lowest BCUT2D eigenvalue weighted by Crippen LogP contribution is -2.23. The molecule has 0 fully saturated rings. The van der Waals surface area contributed by atoms with Crippen LogP contribution in [0, 0.1) is 20.8 Å². The number of rotatable bonds is 8. The van der Waals surface area contributed by atoms with Gasteiger partial charge < -0.3 is 14.8 Å². The van der Waals surface area contributed by atoms with E-state index in [-0.39, 0.29) is 5.91 Å². The molecule has 4 aromatic rings. The van der Waals surface area contributed by atoms with Gasteiger partial charge in [-0.3, -0.25) is 4.79 Å². The number of carbonyl (C=O) groups excluding carboxylic acids is 1. The lowest BCUT2D eigenvalue weighted by atomic mass is 10.1. The number of amides is 1. The summed E-state index contributed by atoms with van der Waals surface area (Å²) in [5, 5.41) is 7.67. The third kappa shape index (κ3) is 5.01. The van der Waals surface area contributed by atoms with Crippen LogP contribution in [0.4, 0.5) is 0 Å². The van der Waals surface area contributed by atoms with Crippen LogP contribution in [0.5, 0.6) is 11.5 Å². The molecule has 0 aliphatic heterocycles. The third-order valence-corrected chi connectivity index (χ3v) is 5.87. The molecule has 2 aromatic heterocycles. The first kappa shape index (κ1) is 23.2. The molecule has 2 aromatic carbocycles. The predicted molar refractivity (Wildman–Crippen MR) is 130 cm³/mol. The van der Waals surface area contributed by atoms with Gasteiger partial charge in [0, 0.05) is 36.0 Å². The van der Waals surface area contributed by atoms with Gasteiger partial charge in [0.05, 0.1) is 14.2 Å². The van der Waals surface area contributed by atoms with E-state index in [0.717, 1.165) is 28.1 Å². The fourth-order valence-corrected chi connectivity index (χ4v) is 3.86. The highest BCUT2D eigenvalue weighted by Gasteiger charge is 2.16. The molecule has 0 bridgehead atoms. The van der Waals surface area contributed by atoms with Crippen LogP contribution < -0.4 is 14.8 Å². The number of hydrogen-bond donors (Lipinski definition) is 1. The number of ether oxygens (including phenoxy) is 2. The van der Waals surface area contributed by atoms with Gasteiger partial charge in [-0.15, -0.1) is 5.10 Å². The Bertz CT molecular complexity index is 1310. The third-order valence-electron chi connectivity index (χ3n) is 5.87. The molecule has 0 aliphatic rings. The lowest BCUT2D eigenvalue weighted by molar-refractivity contribution is -0.121. The number of fused-ring (bicyclic) bond motifs is 1. The zero-order valence-corrected chi connectivity index (χ0v) is 20.2. The number of benzene rings is 2. The van der Waals surface area contributed by atoms with E-state index in [9.17, 15) is 4.79 Å². The van der Waals surface area contributed by atoms with Gasteiger partial charge in [-0.2, -0.15) is 4.98 Å². The van der Waals surface area contributed by atoms with Crippen molar-refractivity contribution in [3.8, 4) is 22.9 Å². The SMILES string of the molecule is COc1cc(OC)cc(-c2nc3nc(C)c(CCC(=O)NCc4ccc(C)cc4)c(C)n3n2)c1. The van der Waals surface area contributed by atoms with Crippen molar-refractivity contribution in [3.05, 3.63) is 70.5 Å². The van der Waals surface area contributed by atoms with Crippen LogP contribution in [-0.4, -0.2) is 39.7 Å². The maximum absolute atomic E-state index is 12.5. The number of carbonyl (C=O) groups is 1. The Hall–Kier alpha value is -3.94. The lowest BCUT2D eigenvalue weighted by Gasteiger charge is -2.10. The summed E-state index contributed by atoms with van der Waals surface area (Å²) in [5.41, 5.74) is 5.82. The molecular weight excluding hydrogens is 430 g/mol. The van der Waals surface area contributed by atoms with Gasteiger partial charge >= 0.3 is 0 Å². The summed E-state index contributed by atoms with van der Waals surface area (Å²) in [5.74, 6) is 2.36. The van der Waals surface area contributed by atoms with E-state index in [4.69, 9.17) is 9.47 Å². The van der Waals surface area contributed by atoms with Gasteiger partial charge in [0.2, 0.25) is 5.91 Å². The molecule has 176 valence electrons. The fraction of sp³-hybridized carbons (Fsp3) is 0.308. The highest BCUT2D eigenvalue weighted by atomic mass is 16.5. The van der Waals surface area contributed by atoms with Gasteiger partial charge in [0.15, 0.2) is 5.82 Å². The molecule has 0 saturated carbocycles. The van der Waals surface area contributed by atoms with E-state index in [2.05, 4.69) is 20.4 Å². The predicted octanol–water partition coefficient (Wildman–Crippen LogP) is 3.98. The normalized spacial score (nSPS) is 11.0. The molecule has 34 heavy (non-hydrogen) atoms. The van der Waals surface area contributed by atoms with Gasteiger partial charge in [-0.05, 0) is 50.5 Å². The molecule has 0 unspecified atom stereocenters. The summed E-state index contributed by atoms with van der Waals surface area (Å²) in [6, 6.07) is 13.7. The van der Waals surface area contributed by atoms with Crippen LogP contribution >= 0.6 is 0 Å². The second-order valence-corrected chi connectivity index (χ2v) is 8.27. The summed E-state index contributed by atoms with van der Waals surface area (Å²) in [6.07, 6.45) is 0.942. The Morgan fingerprint density at radius 1 is 0.971 bits per heavy atom. The Morgan fingerprint density at radius 3 is 2.29 bits per heavy atom. The number of hydrogen-bond acceptors (Lipinski definition) is 6. The standard InChI is InChI=1S/C26H29N5O3/c1-16-6-8-19(9-7-16)15-27-24(32)11-10-23-17(2)28-26-29-25(30-31(26)18(23)3)20-12-21(33-4)14-22(13-20)34-5/h6-9,12-14H,10-11,15H2,1-5H3,(H,27,32). The first-order valence-electron chi connectivity index (χ1n) is 11.2. The first-order valence-corrected chi connectivity index (χ1v) is 11.2. The van der Waals surface area contributed by atoms with E-state index < -0.39 is 0 Å². The summed E-state index contributed by atoms with van der Waals surface area (Å²) >= 11 is 0. The van der Waals surface area contributed by atoms with Crippen molar-refractivity contribution >= 4 is 11.7 Å². The minimum absolute atomic E-state index is 0.00206. The molecule has 1 N–H and O–H groups in total. The average molecular weight is 460 g/mol. The second kappa shape index (κ2) is 9.91. The average Bonchev–Trinajstić information content (AvgIpc) is 3.27. The molecule has 8 nitrogen and oxygen atoms in total. The minimum atomic E-state index is 0.00206. The Labute approximate surface area is 199 Å².